The van der Waals surface area contributed by atoms with Gasteiger partial charge in [-0.2, -0.15) is 0 Å². The molecule has 0 aromatic carbocycles. The Labute approximate surface area is 143 Å². The highest BCUT2D eigenvalue weighted by Gasteiger charge is 2.46. The maximum atomic E-state index is 12.4. The molecule has 0 saturated carbocycles. The van der Waals surface area contributed by atoms with Gasteiger partial charge in [0.1, 0.15) is 11.6 Å². The third kappa shape index (κ3) is 4.19. The zero-order valence-corrected chi connectivity index (χ0v) is 15.3. The van der Waals surface area contributed by atoms with Gasteiger partial charge in [-0.15, -0.1) is 0 Å². The number of hydrogen-bond acceptors (Lipinski definition) is 4. The fraction of sp³-hybridized carbons (Fsp3) is 0.824. The predicted molar refractivity (Wildman–Crippen MR) is 89.3 cm³/mol. The first-order chi connectivity index (χ1) is 11.0. The number of likely N-dealkylation sites (tertiary alicyclic amines) is 1. The largest absolute Gasteiger partial charge is 0.444 e. The van der Waals surface area contributed by atoms with E-state index in [0.29, 0.717) is 25.8 Å². The number of nitrogens with zero attached hydrogens (tertiary/aromatic N) is 1. The van der Waals surface area contributed by atoms with Crippen molar-refractivity contribution in [3.63, 3.8) is 0 Å². The second kappa shape index (κ2) is 6.61. The minimum Gasteiger partial charge on any atom is -0.444 e. The quantitative estimate of drug-likeness (QED) is 0.799. The lowest BCUT2D eigenvalue weighted by Gasteiger charge is -2.37. The number of carbonyl (C=O) groups is 3. The van der Waals surface area contributed by atoms with Crippen molar-refractivity contribution in [2.45, 2.75) is 83.5 Å². The zero-order valence-electron chi connectivity index (χ0n) is 15.3. The number of rotatable bonds is 2. The summed E-state index contributed by atoms with van der Waals surface area (Å²) in [6.07, 6.45) is 2.15. The molecule has 2 unspecified atom stereocenters. The molecule has 2 rings (SSSR count). The summed E-state index contributed by atoms with van der Waals surface area (Å²) in [5.41, 5.74) is -1.10. The van der Waals surface area contributed by atoms with E-state index in [1.807, 2.05) is 34.6 Å². The molecule has 2 aliphatic heterocycles. The Kier molecular flexibility index (Phi) is 5.11. The first kappa shape index (κ1) is 18.5. The third-order valence-electron chi connectivity index (χ3n) is 4.67. The van der Waals surface area contributed by atoms with Gasteiger partial charge in [-0.3, -0.25) is 9.59 Å². The highest BCUT2D eigenvalue weighted by atomic mass is 16.6. The number of nitrogens with one attached hydrogen (secondary N) is 2. The summed E-state index contributed by atoms with van der Waals surface area (Å²) >= 11 is 0. The van der Waals surface area contributed by atoms with Gasteiger partial charge in [-0.1, -0.05) is 0 Å². The highest BCUT2D eigenvalue weighted by molar-refractivity contribution is 5.89. The minimum atomic E-state index is -0.555. The summed E-state index contributed by atoms with van der Waals surface area (Å²) in [7, 11) is 0. The maximum absolute atomic E-state index is 12.4. The molecule has 0 aliphatic carbocycles. The van der Waals surface area contributed by atoms with Crippen LogP contribution in [0.5, 0.6) is 0 Å². The molecule has 7 heteroatoms. The molecule has 0 radical (unpaired) electrons. The van der Waals surface area contributed by atoms with E-state index in [4.69, 9.17) is 4.74 Å². The van der Waals surface area contributed by atoms with E-state index >= 15 is 0 Å². The number of carbonyl (C=O) groups excluding carboxylic acids is 3. The Bertz CT molecular complexity index is 524. The maximum Gasteiger partial charge on any atom is 0.410 e. The lowest BCUT2D eigenvalue weighted by molar-refractivity contribution is -0.131. The van der Waals surface area contributed by atoms with Gasteiger partial charge >= 0.3 is 6.09 Å². The van der Waals surface area contributed by atoms with Crippen LogP contribution in [0.3, 0.4) is 0 Å². The molecule has 0 aromatic heterocycles. The van der Waals surface area contributed by atoms with Gasteiger partial charge in [0, 0.05) is 13.0 Å². The molecular formula is C17H29N3O4. The normalized spacial score (nSPS) is 26.7. The molecule has 136 valence electrons. The van der Waals surface area contributed by atoms with Crippen LogP contribution < -0.4 is 10.6 Å². The van der Waals surface area contributed by atoms with Crippen molar-refractivity contribution < 1.29 is 19.1 Å². The molecule has 2 N–H and O–H groups in total. The summed E-state index contributed by atoms with van der Waals surface area (Å²) in [5, 5.41) is 5.73. The smallest absolute Gasteiger partial charge is 0.410 e. The zero-order chi connectivity index (χ0) is 18.1. The van der Waals surface area contributed by atoms with Crippen molar-refractivity contribution in [1.29, 1.82) is 0 Å². The van der Waals surface area contributed by atoms with Crippen LogP contribution in [0, 0.1) is 0 Å². The Hall–Kier alpha value is -1.79. The van der Waals surface area contributed by atoms with Crippen LogP contribution in [0.25, 0.3) is 0 Å². The average molecular weight is 339 g/mol. The molecule has 3 amide bonds. The van der Waals surface area contributed by atoms with Crippen LogP contribution in [0.4, 0.5) is 4.79 Å². The van der Waals surface area contributed by atoms with Crippen LogP contribution in [-0.2, 0) is 14.3 Å². The first-order valence-corrected chi connectivity index (χ1v) is 8.61. The summed E-state index contributed by atoms with van der Waals surface area (Å²) < 4.78 is 5.46. The Morgan fingerprint density at radius 3 is 2.54 bits per heavy atom. The van der Waals surface area contributed by atoms with E-state index in [-0.39, 0.29) is 23.9 Å². The Morgan fingerprint density at radius 2 is 1.96 bits per heavy atom. The van der Waals surface area contributed by atoms with Crippen LogP contribution in [0.1, 0.15) is 60.3 Å². The van der Waals surface area contributed by atoms with Crippen molar-refractivity contribution in [3.8, 4) is 0 Å². The van der Waals surface area contributed by atoms with Crippen LogP contribution >= 0.6 is 0 Å². The van der Waals surface area contributed by atoms with Crippen molar-refractivity contribution in [1.82, 2.24) is 15.5 Å². The van der Waals surface area contributed by atoms with E-state index in [0.717, 1.165) is 6.42 Å². The van der Waals surface area contributed by atoms with E-state index < -0.39 is 17.2 Å². The summed E-state index contributed by atoms with van der Waals surface area (Å²) in [6, 6.07) is -0.644. The third-order valence-corrected chi connectivity index (χ3v) is 4.67. The summed E-state index contributed by atoms with van der Waals surface area (Å²) in [6.45, 7) is 9.88. The van der Waals surface area contributed by atoms with E-state index in [2.05, 4.69) is 10.6 Å². The van der Waals surface area contributed by atoms with Crippen molar-refractivity contribution in [2.75, 3.05) is 6.54 Å². The second-order valence-electron chi connectivity index (χ2n) is 8.15. The minimum absolute atomic E-state index is 0.0811. The van der Waals surface area contributed by atoms with Gasteiger partial charge in [0.15, 0.2) is 0 Å². The summed E-state index contributed by atoms with van der Waals surface area (Å²) in [5.74, 6) is -0.255. The lowest BCUT2D eigenvalue weighted by Crippen LogP contribution is -2.58. The monoisotopic (exact) mass is 339 g/mol. The van der Waals surface area contributed by atoms with E-state index in [1.54, 1.807) is 4.90 Å². The number of piperidine rings is 1. The van der Waals surface area contributed by atoms with Gasteiger partial charge in [-0.25, -0.2) is 4.79 Å². The molecule has 0 spiro atoms. The van der Waals surface area contributed by atoms with Gasteiger partial charge in [-0.05, 0) is 53.9 Å². The molecule has 2 fully saturated rings. The average Bonchev–Trinajstić information content (AvgIpc) is 2.72. The van der Waals surface area contributed by atoms with Crippen molar-refractivity contribution in [2.24, 2.45) is 0 Å². The molecule has 2 saturated heterocycles. The number of hydrogen-bond donors (Lipinski definition) is 2. The Morgan fingerprint density at radius 1 is 1.29 bits per heavy atom. The molecule has 2 aliphatic rings. The molecule has 7 nitrogen and oxygen atoms in total. The molecule has 0 bridgehead atoms. The molecule has 2 heterocycles. The fourth-order valence-corrected chi connectivity index (χ4v) is 3.25. The van der Waals surface area contributed by atoms with Crippen LogP contribution in [0.15, 0.2) is 0 Å². The van der Waals surface area contributed by atoms with Crippen LogP contribution in [0.2, 0.25) is 0 Å². The number of amides is 3. The first-order valence-electron chi connectivity index (χ1n) is 8.61. The fourth-order valence-electron chi connectivity index (χ4n) is 3.25. The SMILES string of the molecule is CC(C)(C)OC(=O)N1CCC(NC(=O)C2CCCC(=O)N2)C1(C)C. The predicted octanol–water partition coefficient (Wildman–Crippen LogP) is 1.56. The molecule has 0 aromatic rings. The van der Waals surface area contributed by atoms with Crippen molar-refractivity contribution >= 4 is 17.9 Å². The standard InChI is InChI=1S/C17H29N3O4/c1-16(2,3)24-15(23)20-10-9-12(17(20,4)5)19-14(22)11-7-6-8-13(21)18-11/h11-12H,6-10H2,1-5H3,(H,18,21)(H,19,22). The highest BCUT2D eigenvalue weighted by Crippen LogP contribution is 2.30. The Balaban J connectivity index is 1.98. The molecule has 24 heavy (non-hydrogen) atoms. The van der Waals surface area contributed by atoms with E-state index in [9.17, 15) is 14.4 Å². The lowest BCUT2D eigenvalue weighted by atomic mass is 9.95. The van der Waals surface area contributed by atoms with Gasteiger partial charge in [0.2, 0.25) is 11.8 Å². The topological polar surface area (TPSA) is 87.7 Å². The van der Waals surface area contributed by atoms with Gasteiger partial charge in [0.05, 0.1) is 11.6 Å². The molecular weight excluding hydrogens is 310 g/mol. The van der Waals surface area contributed by atoms with Gasteiger partial charge in [0.25, 0.3) is 0 Å². The van der Waals surface area contributed by atoms with Gasteiger partial charge < -0.3 is 20.3 Å². The molecule has 2 atom stereocenters. The van der Waals surface area contributed by atoms with E-state index in [1.165, 1.54) is 0 Å². The van der Waals surface area contributed by atoms with Crippen LogP contribution in [-0.4, -0.2) is 52.6 Å². The van der Waals surface area contributed by atoms with Crippen molar-refractivity contribution in [3.05, 3.63) is 0 Å². The second-order valence-corrected chi connectivity index (χ2v) is 8.15. The number of ether oxygens (including phenoxy) is 1. The summed E-state index contributed by atoms with van der Waals surface area (Å²) in [4.78, 5) is 37.9.